The monoisotopic (exact) mass is 380 g/mol. The summed E-state index contributed by atoms with van der Waals surface area (Å²) in [5, 5.41) is 0. The second-order valence-corrected chi connectivity index (χ2v) is 7.37. The Bertz CT molecular complexity index is 946. The van der Waals surface area contributed by atoms with Crippen molar-refractivity contribution in [3.8, 4) is 5.75 Å². The molecule has 8 nitrogen and oxygen atoms in total. The van der Waals surface area contributed by atoms with Gasteiger partial charge in [-0.1, -0.05) is 12.1 Å². The zero-order valence-electron chi connectivity index (χ0n) is 15.7. The van der Waals surface area contributed by atoms with E-state index in [9.17, 15) is 14.4 Å². The third-order valence-corrected chi connectivity index (χ3v) is 5.45. The van der Waals surface area contributed by atoms with Crippen molar-refractivity contribution >= 4 is 17.6 Å². The fraction of sp³-hybridized carbons (Fsp3) is 0.350. The lowest BCUT2D eigenvalue weighted by atomic mass is 9.71. The van der Waals surface area contributed by atoms with Crippen molar-refractivity contribution in [2.45, 2.75) is 0 Å². The summed E-state index contributed by atoms with van der Waals surface area (Å²) < 4.78 is 5.87. The van der Waals surface area contributed by atoms with Crippen LogP contribution in [0.15, 0.2) is 43.0 Å². The molecular formula is C20H20N4O4. The largest absolute Gasteiger partial charge is 0.492 e. The van der Waals surface area contributed by atoms with E-state index < -0.39 is 11.3 Å². The molecule has 3 heterocycles. The molecule has 2 aliphatic rings. The average Bonchev–Trinajstić information content (AvgIpc) is 3.11. The number of hydrogen-bond acceptors (Lipinski definition) is 6. The van der Waals surface area contributed by atoms with E-state index in [0.29, 0.717) is 16.9 Å². The maximum Gasteiger partial charge on any atom is 0.257 e. The SMILES string of the molecule is CN(C)C(=O)[C@H]1CN(C(=O)c2cncnc2)C[C@@]12COc1ccccc1C2=O. The Hall–Kier alpha value is -3.29. The van der Waals surface area contributed by atoms with Crippen molar-refractivity contribution in [1.82, 2.24) is 19.8 Å². The molecule has 0 aliphatic carbocycles. The quantitative estimate of drug-likeness (QED) is 0.769. The number of hydrogen-bond donors (Lipinski definition) is 0. The molecule has 1 aromatic carbocycles. The van der Waals surface area contributed by atoms with Crippen molar-refractivity contribution in [2.24, 2.45) is 11.3 Å². The van der Waals surface area contributed by atoms with E-state index in [0.717, 1.165) is 0 Å². The highest BCUT2D eigenvalue weighted by atomic mass is 16.5. The average molecular weight is 380 g/mol. The van der Waals surface area contributed by atoms with Crippen molar-refractivity contribution < 1.29 is 19.1 Å². The first kappa shape index (κ1) is 18.1. The van der Waals surface area contributed by atoms with E-state index in [-0.39, 0.29) is 37.3 Å². The topological polar surface area (TPSA) is 92.7 Å². The number of carbonyl (C=O) groups excluding carboxylic acids is 3. The van der Waals surface area contributed by atoms with Crippen LogP contribution in [-0.4, -0.2) is 71.2 Å². The van der Waals surface area contributed by atoms with E-state index in [4.69, 9.17) is 4.74 Å². The van der Waals surface area contributed by atoms with Crippen molar-refractivity contribution in [3.05, 3.63) is 54.1 Å². The maximum absolute atomic E-state index is 13.5. The van der Waals surface area contributed by atoms with Crippen LogP contribution in [0, 0.1) is 11.3 Å². The minimum Gasteiger partial charge on any atom is -0.492 e. The highest BCUT2D eigenvalue weighted by molar-refractivity contribution is 6.07. The number of Topliss-reactive ketones (excluding diaryl/α,β-unsaturated/α-hetero) is 1. The van der Waals surface area contributed by atoms with Gasteiger partial charge in [0.05, 0.1) is 22.5 Å². The number of nitrogens with zero attached hydrogens (tertiary/aromatic N) is 4. The minimum atomic E-state index is -1.11. The van der Waals surface area contributed by atoms with E-state index in [1.54, 1.807) is 38.4 Å². The molecular weight excluding hydrogens is 360 g/mol. The van der Waals surface area contributed by atoms with Crippen LogP contribution in [0.3, 0.4) is 0 Å². The second-order valence-electron chi connectivity index (χ2n) is 7.37. The number of carbonyl (C=O) groups is 3. The Balaban J connectivity index is 1.73. The Morgan fingerprint density at radius 1 is 1.21 bits per heavy atom. The van der Waals surface area contributed by atoms with Gasteiger partial charge >= 0.3 is 0 Å². The van der Waals surface area contributed by atoms with Gasteiger partial charge in [-0.25, -0.2) is 9.97 Å². The van der Waals surface area contributed by atoms with Gasteiger partial charge in [0, 0.05) is 39.6 Å². The van der Waals surface area contributed by atoms with Crippen molar-refractivity contribution in [3.63, 3.8) is 0 Å². The second kappa shape index (κ2) is 6.70. The van der Waals surface area contributed by atoms with Gasteiger partial charge in [0.2, 0.25) is 5.91 Å². The Morgan fingerprint density at radius 2 is 1.93 bits per heavy atom. The smallest absolute Gasteiger partial charge is 0.257 e. The third kappa shape index (κ3) is 2.72. The fourth-order valence-electron chi connectivity index (χ4n) is 3.98. The summed E-state index contributed by atoms with van der Waals surface area (Å²) in [4.78, 5) is 50.1. The summed E-state index contributed by atoms with van der Waals surface area (Å²) >= 11 is 0. The summed E-state index contributed by atoms with van der Waals surface area (Å²) in [5.74, 6) is -0.835. The van der Waals surface area contributed by atoms with Crippen LogP contribution in [0.5, 0.6) is 5.75 Å². The predicted octanol–water partition coefficient (Wildman–Crippen LogP) is 0.898. The van der Waals surface area contributed by atoms with Crippen LogP contribution in [0.4, 0.5) is 0 Å². The molecule has 1 aromatic heterocycles. The van der Waals surface area contributed by atoms with Crippen molar-refractivity contribution in [1.29, 1.82) is 0 Å². The van der Waals surface area contributed by atoms with Crippen LogP contribution in [-0.2, 0) is 4.79 Å². The molecule has 2 aromatic rings. The number of likely N-dealkylation sites (tertiary alicyclic amines) is 1. The molecule has 1 saturated heterocycles. The molecule has 1 spiro atoms. The zero-order chi connectivity index (χ0) is 19.9. The standard InChI is InChI=1S/C20H20N4O4/c1-23(2)19(27)15-9-24(18(26)13-7-21-12-22-8-13)10-20(15)11-28-16-6-4-3-5-14(16)17(20)25/h3-8,12,15H,9-11H2,1-2H3/t15-,20-/m1/s1. The van der Waals surface area contributed by atoms with Gasteiger partial charge in [-0.2, -0.15) is 0 Å². The molecule has 1 fully saturated rings. The first-order valence-corrected chi connectivity index (χ1v) is 8.96. The van der Waals surface area contributed by atoms with Gasteiger partial charge < -0.3 is 14.5 Å². The first-order valence-electron chi connectivity index (χ1n) is 8.96. The number of ketones is 1. The molecule has 2 aliphatic heterocycles. The first-order chi connectivity index (χ1) is 13.4. The number of aromatic nitrogens is 2. The number of para-hydroxylation sites is 1. The number of fused-ring (bicyclic) bond motifs is 1. The summed E-state index contributed by atoms with van der Waals surface area (Å²) in [6.07, 6.45) is 4.20. The molecule has 0 N–H and O–H groups in total. The van der Waals surface area contributed by atoms with Gasteiger partial charge in [0.25, 0.3) is 5.91 Å². The minimum absolute atomic E-state index is 0.0577. The molecule has 0 bridgehead atoms. The van der Waals surface area contributed by atoms with Gasteiger partial charge in [0.1, 0.15) is 18.7 Å². The van der Waals surface area contributed by atoms with Gasteiger partial charge in [0.15, 0.2) is 5.78 Å². The van der Waals surface area contributed by atoms with Gasteiger partial charge in [-0.05, 0) is 12.1 Å². The summed E-state index contributed by atoms with van der Waals surface area (Å²) in [5.41, 5.74) is -0.344. The summed E-state index contributed by atoms with van der Waals surface area (Å²) in [6, 6.07) is 7.00. The highest BCUT2D eigenvalue weighted by Gasteiger charge is 2.59. The maximum atomic E-state index is 13.5. The van der Waals surface area contributed by atoms with E-state index in [1.165, 1.54) is 28.5 Å². The van der Waals surface area contributed by atoms with Crippen LogP contribution < -0.4 is 4.74 Å². The van der Waals surface area contributed by atoms with E-state index >= 15 is 0 Å². The van der Waals surface area contributed by atoms with Crippen LogP contribution >= 0.6 is 0 Å². The predicted molar refractivity (Wildman–Crippen MR) is 98.8 cm³/mol. The van der Waals surface area contributed by atoms with Crippen molar-refractivity contribution in [2.75, 3.05) is 33.8 Å². The van der Waals surface area contributed by atoms with Crippen LogP contribution in [0.1, 0.15) is 20.7 Å². The molecule has 8 heteroatoms. The number of ether oxygens (including phenoxy) is 1. The third-order valence-electron chi connectivity index (χ3n) is 5.45. The normalized spacial score (nSPS) is 23.3. The van der Waals surface area contributed by atoms with E-state index in [2.05, 4.69) is 9.97 Å². The Labute approximate surface area is 162 Å². The molecule has 4 rings (SSSR count). The highest BCUT2D eigenvalue weighted by Crippen LogP contribution is 2.45. The Morgan fingerprint density at radius 3 is 2.64 bits per heavy atom. The fourth-order valence-corrected chi connectivity index (χ4v) is 3.98. The molecule has 0 radical (unpaired) electrons. The molecule has 0 saturated carbocycles. The summed E-state index contributed by atoms with van der Waals surface area (Å²) in [7, 11) is 3.29. The lowest BCUT2D eigenvalue weighted by Gasteiger charge is -2.37. The van der Waals surface area contributed by atoms with Crippen LogP contribution in [0.25, 0.3) is 0 Å². The summed E-state index contributed by atoms with van der Waals surface area (Å²) in [6.45, 7) is 0.308. The lowest BCUT2D eigenvalue weighted by Crippen LogP contribution is -2.51. The Kier molecular flexibility index (Phi) is 4.33. The molecule has 2 amide bonds. The van der Waals surface area contributed by atoms with Gasteiger partial charge in [-0.3, -0.25) is 14.4 Å². The lowest BCUT2D eigenvalue weighted by molar-refractivity contribution is -0.135. The number of rotatable bonds is 2. The molecule has 28 heavy (non-hydrogen) atoms. The molecule has 0 unspecified atom stereocenters. The van der Waals surface area contributed by atoms with E-state index in [1.807, 2.05) is 0 Å². The van der Waals surface area contributed by atoms with Gasteiger partial charge in [-0.15, -0.1) is 0 Å². The molecule has 144 valence electrons. The number of amides is 2. The molecule has 2 atom stereocenters. The number of benzene rings is 1. The zero-order valence-corrected chi connectivity index (χ0v) is 15.7. The van der Waals surface area contributed by atoms with Crippen LogP contribution in [0.2, 0.25) is 0 Å².